The van der Waals surface area contributed by atoms with E-state index < -0.39 is 18.0 Å². The van der Waals surface area contributed by atoms with E-state index >= 15 is 0 Å². The number of aromatic nitrogens is 4. The predicted molar refractivity (Wildman–Crippen MR) is 127 cm³/mol. The van der Waals surface area contributed by atoms with Crippen molar-refractivity contribution in [2.75, 3.05) is 50.2 Å². The van der Waals surface area contributed by atoms with Crippen LogP contribution in [0.3, 0.4) is 0 Å². The van der Waals surface area contributed by atoms with Crippen LogP contribution in [0.25, 0.3) is 0 Å². The fourth-order valence-electron chi connectivity index (χ4n) is 4.62. The molecule has 0 radical (unpaired) electrons. The number of hydrogen-bond donors (Lipinski definition) is 2. The molecule has 0 aliphatic carbocycles. The molecule has 2 aliphatic rings. The number of likely N-dealkylation sites (tertiary alicyclic amines) is 1. The van der Waals surface area contributed by atoms with Gasteiger partial charge in [0.1, 0.15) is 11.9 Å². The topological polar surface area (TPSA) is 126 Å². The van der Waals surface area contributed by atoms with Crippen LogP contribution < -0.4 is 15.8 Å². The lowest BCUT2D eigenvalue weighted by molar-refractivity contribution is -0.141. The molecule has 14 heteroatoms. The van der Waals surface area contributed by atoms with Gasteiger partial charge in [0.15, 0.2) is 5.69 Å². The van der Waals surface area contributed by atoms with E-state index in [2.05, 4.69) is 25.5 Å². The third-order valence-corrected chi connectivity index (χ3v) is 6.68. The Kier molecular flexibility index (Phi) is 8.27. The minimum Gasteiger partial charge on any atom is -0.382 e. The first-order valence-corrected chi connectivity index (χ1v) is 12.0. The molecule has 2 aromatic rings. The zero-order chi connectivity index (χ0) is 26.6. The van der Waals surface area contributed by atoms with E-state index in [1.807, 2.05) is 9.80 Å². The van der Waals surface area contributed by atoms with Gasteiger partial charge in [0, 0.05) is 44.8 Å². The zero-order valence-electron chi connectivity index (χ0n) is 20.6. The monoisotopic (exact) mass is 525 g/mol. The van der Waals surface area contributed by atoms with Crippen LogP contribution in [0.15, 0.2) is 23.4 Å². The highest BCUT2D eigenvalue weighted by Gasteiger charge is 2.38. The number of amides is 1. The molecule has 37 heavy (non-hydrogen) atoms. The maximum atomic E-state index is 13.1. The number of anilines is 2. The molecule has 2 fully saturated rings. The highest BCUT2D eigenvalue weighted by atomic mass is 19.4. The van der Waals surface area contributed by atoms with E-state index in [0.29, 0.717) is 62.6 Å². The summed E-state index contributed by atoms with van der Waals surface area (Å²) in [5, 5.41) is 9.38. The number of H-pyrrole nitrogens is 1. The highest BCUT2D eigenvalue weighted by molar-refractivity contribution is 5.83. The summed E-state index contributed by atoms with van der Waals surface area (Å²) in [6, 6.07) is -0.264. The van der Waals surface area contributed by atoms with Crippen molar-refractivity contribution in [3.8, 4) is 0 Å². The fraction of sp³-hybridized carbons (Fsp3) is 0.609. The molecule has 4 rings (SSSR count). The Hall–Kier alpha value is -3.26. The van der Waals surface area contributed by atoms with E-state index in [9.17, 15) is 22.8 Å². The summed E-state index contributed by atoms with van der Waals surface area (Å²) in [5.74, 6) is 0.320. The Bertz CT molecular complexity index is 1120. The molecule has 0 aromatic carbocycles. The molecule has 0 saturated carbocycles. The van der Waals surface area contributed by atoms with Gasteiger partial charge < -0.3 is 24.6 Å². The first-order valence-electron chi connectivity index (χ1n) is 12.0. The maximum Gasteiger partial charge on any atom is 0.434 e. The number of ether oxygens (including phenoxy) is 2. The lowest BCUT2D eigenvalue weighted by Gasteiger charge is -2.37. The molecule has 2 aliphatic heterocycles. The predicted octanol–water partition coefficient (Wildman–Crippen LogP) is 1.60. The van der Waals surface area contributed by atoms with E-state index in [1.165, 1.54) is 6.20 Å². The number of carbonyl (C=O) groups excluding carboxylic acids is 1. The van der Waals surface area contributed by atoms with Crippen molar-refractivity contribution in [2.45, 2.75) is 50.6 Å². The largest absolute Gasteiger partial charge is 0.434 e. The molecular formula is C23H30F3N7O4. The molecule has 2 aromatic heterocycles. The molecule has 2 saturated heterocycles. The van der Waals surface area contributed by atoms with Gasteiger partial charge in [-0.05, 0) is 19.8 Å². The first-order chi connectivity index (χ1) is 17.7. The van der Waals surface area contributed by atoms with Crippen molar-refractivity contribution in [3.63, 3.8) is 0 Å². The Balaban J connectivity index is 1.28. The Labute approximate surface area is 211 Å². The maximum absolute atomic E-state index is 13.1. The van der Waals surface area contributed by atoms with E-state index in [1.54, 1.807) is 14.0 Å². The van der Waals surface area contributed by atoms with Crippen LogP contribution in [-0.4, -0.2) is 89.1 Å². The molecule has 2 atom stereocenters. The molecule has 11 nitrogen and oxygen atoms in total. The summed E-state index contributed by atoms with van der Waals surface area (Å²) >= 11 is 0. The molecule has 4 heterocycles. The first kappa shape index (κ1) is 26.8. The molecular weight excluding hydrogens is 495 g/mol. The van der Waals surface area contributed by atoms with Gasteiger partial charge in [-0.15, -0.1) is 0 Å². The van der Waals surface area contributed by atoms with Gasteiger partial charge in [0.2, 0.25) is 0 Å². The molecule has 1 amide bonds. The van der Waals surface area contributed by atoms with Crippen LogP contribution in [-0.2, 0) is 20.4 Å². The Morgan fingerprint density at radius 1 is 1.11 bits per heavy atom. The summed E-state index contributed by atoms with van der Waals surface area (Å²) in [7, 11) is 1.56. The number of rotatable bonds is 9. The SMILES string of the molecule is COC[C@@H](CO[C@@H]1CCN(C2CCN(c3cnc(C(F)(F)F)cn3)CC2)C1=O)Nc1cn[nH]c(=O)c1C. The Morgan fingerprint density at radius 3 is 2.51 bits per heavy atom. The lowest BCUT2D eigenvalue weighted by atomic mass is 10.0. The smallest absolute Gasteiger partial charge is 0.382 e. The van der Waals surface area contributed by atoms with Crippen molar-refractivity contribution >= 4 is 17.4 Å². The van der Waals surface area contributed by atoms with Crippen molar-refractivity contribution in [2.24, 2.45) is 0 Å². The Morgan fingerprint density at radius 2 is 1.86 bits per heavy atom. The number of nitrogens with one attached hydrogen (secondary N) is 2. The summed E-state index contributed by atoms with van der Waals surface area (Å²) in [5.41, 5.74) is -0.252. The molecule has 2 N–H and O–H groups in total. The van der Waals surface area contributed by atoms with Gasteiger partial charge in [-0.1, -0.05) is 0 Å². The number of halogens is 3. The summed E-state index contributed by atoms with van der Waals surface area (Å²) < 4.78 is 49.4. The van der Waals surface area contributed by atoms with Crippen LogP contribution in [0.4, 0.5) is 24.7 Å². The van der Waals surface area contributed by atoms with Crippen molar-refractivity contribution in [1.82, 2.24) is 25.1 Å². The minimum atomic E-state index is -4.52. The van der Waals surface area contributed by atoms with Crippen LogP contribution >= 0.6 is 0 Å². The minimum absolute atomic E-state index is 0.0254. The summed E-state index contributed by atoms with van der Waals surface area (Å²) in [4.78, 5) is 36.0. The van der Waals surface area contributed by atoms with E-state index in [-0.39, 0.29) is 30.2 Å². The number of methoxy groups -OCH3 is 1. The number of piperidine rings is 1. The number of carbonyl (C=O) groups is 1. The van der Waals surface area contributed by atoms with Crippen molar-refractivity contribution in [3.05, 3.63) is 40.2 Å². The number of hydrogen-bond acceptors (Lipinski definition) is 9. The normalized spacial score (nSPS) is 19.9. The van der Waals surface area contributed by atoms with Crippen LogP contribution in [0.2, 0.25) is 0 Å². The molecule has 0 unspecified atom stereocenters. The molecule has 202 valence electrons. The third-order valence-electron chi connectivity index (χ3n) is 6.68. The summed E-state index contributed by atoms with van der Waals surface area (Å²) in [6.07, 6.45) is 0.212. The van der Waals surface area contributed by atoms with Gasteiger partial charge >= 0.3 is 6.18 Å². The van der Waals surface area contributed by atoms with E-state index in [4.69, 9.17) is 9.47 Å². The fourth-order valence-corrected chi connectivity index (χ4v) is 4.62. The van der Waals surface area contributed by atoms with Gasteiger partial charge in [-0.2, -0.15) is 18.3 Å². The van der Waals surface area contributed by atoms with Gasteiger partial charge in [0.05, 0.1) is 43.5 Å². The standard InChI is InChI=1S/C23H30F3N7O4/c1-14-17(9-29-31-21(14)34)30-15(12-36-2)13-37-18-5-8-33(22(18)35)16-3-6-32(7-4-16)20-11-27-19(10-28-20)23(24,25)26/h9-11,15-16,18H,3-8,12-13H2,1-2H3,(H2,30,31,34)/t15-,18+/m0/s1. The molecule has 0 spiro atoms. The number of alkyl halides is 3. The second-order valence-corrected chi connectivity index (χ2v) is 9.15. The van der Waals surface area contributed by atoms with Gasteiger partial charge in [-0.3, -0.25) is 9.59 Å². The average Bonchev–Trinajstić information content (AvgIpc) is 3.25. The lowest BCUT2D eigenvalue weighted by Crippen LogP contribution is -2.47. The van der Waals surface area contributed by atoms with Gasteiger partial charge in [-0.25, -0.2) is 15.1 Å². The number of nitrogens with zero attached hydrogens (tertiary/aromatic N) is 5. The van der Waals surface area contributed by atoms with Gasteiger partial charge in [0.25, 0.3) is 11.5 Å². The second kappa shape index (κ2) is 11.4. The number of aromatic amines is 1. The summed E-state index contributed by atoms with van der Waals surface area (Å²) in [6.45, 7) is 3.89. The van der Waals surface area contributed by atoms with Crippen LogP contribution in [0.5, 0.6) is 0 Å². The van der Waals surface area contributed by atoms with E-state index in [0.717, 1.165) is 12.4 Å². The average molecular weight is 526 g/mol. The third kappa shape index (κ3) is 6.36. The van der Waals surface area contributed by atoms with Crippen molar-refractivity contribution in [1.29, 1.82) is 0 Å². The highest BCUT2D eigenvalue weighted by Crippen LogP contribution is 2.29. The second-order valence-electron chi connectivity index (χ2n) is 9.15. The van der Waals surface area contributed by atoms with Crippen molar-refractivity contribution < 1.29 is 27.4 Å². The zero-order valence-corrected chi connectivity index (χ0v) is 20.6. The van der Waals surface area contributed by atoms with Crippen LogP contribution in [0.1, 0.15) is 30.5 Å². The quantitative estimate of drug-likeness (QED) is 0.502. The van der Waals surface area contributed by atoms with Crippen LogP contribution in [0, 0.1) is 6.92 Å². The molecule has 0 bridgehead atoms.